The van der Waals surface area contributed by atoms with Crippen LogP contribution in [0.5, 0.6) is 11.5 Å². The Morgan fingerprint density at radius 3 is 2.71 bits per heavy atom. The normalized spacial score (nSPS) is 13.8. The molecule has 0 amide bonds. The monoisotopic (exact) mass is 350 g/mol. The van der Waals surface area contributed by atoms with Gasteiger partial charge in [0.2, 0.25) is 0 Å². The molecule has 0 saturated heterocycles. The fraction of sp³-hybridized carbons (Fsp3) is 0.200. The summed E-state index contributed by atoms with van der Waals surface area (Å²) in [5, 5.41) is 11.0. The van der Waals surface area contributed by atoms with E-state index in [0.29, 0.717) is 11.4 Å². The van der Waals surface area contributed by atoms with Gasteiger partial charge in [0.25, 0.3) is 15.7 Å². The second-order valence-corrected chi connectivity index (χ2v) is 6.82. The van der Waals surface area contributed by atoms with Crippen LogP contribution in [0.25, 0.3) is 0 Å². The molecule has 0 spiro atoms. The first-order valence-electron chi connectivity index (χ1n) is 7.02. The lowest BCUT2D eigenvalue weighted by molar-refractivity contribution is -0.385. The fourth-order valence-electron chi connectivity index (χ4n) is 2.49. The molecular weight excluding hydrogens is 336 g/mol. The van der Waals surface area contributed by atoms with E-state index in [1.54, 1.807) is 24.3 Å². The van der Waals surface area contributed by atoms with E-state index in [-0.39, 0.29) is 29.5 Å². The largest absolute Gasteiger partial charge is 0.495 e. The Labute approximate surface area is 138 Å². The molecule has 1 aliphatic heterocycles. The Morgan fingerprint density at radius 1 is 1.25 bits per heavy atom. The number of non-ortho nitro benzene ring substituents is 1. The zero-order valence-electron chi connectivity index (χ0n) is 12.7. The van der Waals surface area contributed by atoms with Crippen molar-refractivity contribution in [2.45, 2.75) is 4.90 Å². The summed E-state index contributed by atoms with van der Waals surface area (Å²) in [6.07, 6.45) is 0. The van der Waals surface area contributed by atoms with Gasteiger partial charge in [-0.3, -0.25) is 14.4 Å². The zero-order chi connectivity index (χ0) is 17.3. The van der Waals surface area contributed by atoms with Gasteiger partial charge in [0.05, 0.1) is 24.3 Å². The SMILES string of the molecule is COc1ccc([N+](=O)[O-])cc1S(=O)(=O)N1CCOc2ccccc21. The van der Waals surface area contributed by atoms with Crippen LogP contribution in [-0.2, 0) is 10.0 Å². The van der Waals surface area contributed by atoms with Crippen molar-refractivity contribution < 1.29 is 22.8 Å². The number of rotatable bonds is 4. The molecule has 3 rings (SSSR count). The van der Waals surface area contributed by atoms with E-state index in [1.807, 2.05) is 0 Å². The number of benzene rings is 2. The quantitative estimate of drug-likeness (QED) is 0.619. The zero-order valence-corrected chi connectivity index (χ0v) is 13.5. The topological polar surface area (TPSA) is 99.0 Å². The third-order valence-corrected chi connectivity index (χ3v) is 5.45. The number of nitrogens with zero attached hydrogens (tertiary/aromatic N) is 2. The number of sulfonamides is 1. The lowest BCUT2D eigenvalue weighted by atomic mass is 10.2. The van der Waals surface area contributed by atoms with Crippen LogP contribution in [-0.4, -0.2) is 33.6 Å². The smallest absolute Gasteiger partial charge is 0.271 e. The van der Waals surface area contributed by atoms with Crippen LogP contribution < -0.4 is 13.8 Å². The molecule has 24 heavy (non-hydrogen) atoms. The number of nitro benzene ring substituents is 1. The number of hydrogen-bond donors (Lipinski definition) is 0. The van der Waals surface area contributed by atoms with Crippen LogP contribution in [0, 0.1) is 10.1 Å². The number of ether oxygens (including phenoxy) is 2. The molecular formula is C15H14N2O6S. The van der Waals surface area contributed by atoms with Gasteiger partial charge in [-0.05, 0) is 18.2 Å². The first-order chi connectivity index (χ1) is 11.4. The second-order valence-electron chi connectivity index (χ2n) is 4.99. The van der Waals surface area contributed by atoms with Crippen molar-refractivity contribution in [3.63, 3.8) is 0 Å². The molecule has 0 atom stereocenters. The van der Waals surface area contributed by atoms with Crippen molar-refractivity contribution in [2.75, 3.05) is 24.6 Å². The molecule has 0 N–H and O–H groups in total. The van der Waals surface area contributed by atoms with Crippen molar-refractivity contribution in [1.29, 1.82) is 0 Å². The average Bonchev–Trinajstić information content (AvgIpc) is 2.60. The van der Waals surface area contributed by atoms with Crippen LogP contribution >= 0.6 is 0 Å². The van der Waals surface area contributed by atoms with E-state index in [2.05, 4.69) is 0 Å². The molecule has 0 aliphatic carbocycles. The fourth-order valence-corrected chi connectivity index (χ4v) is 4.13. The molecule has 8 nitrogen and oxygen atoms in total. The number of nitro groups is 1. The van der Waals surface area contributed by atoms with Crippen molar-refractivity contribution in [2.24, 2.45) is 0 Å². The van der Waals surface area contributed by atoms with Gasteiger partial charge in [-0.15, -0.1) is 0 Å². The Balaban J connectivity index is 2.16. The third kappa shape index (κ3) is 2.62. The minimum Gasteiger partial charge on any atom is -0.495 e. The highest BCUT2D eigenvalue weighted by Crippen LogP contribution is 2.38. The number of methoxy groups -OCH3 is 1. The predicted molar refractivity (Wildman–Crippen MR) is 86.1 cm³/mol. The van der Waals surface area contributed by atoms with Crippen molar-refractivity contribution in [1.82, 2.24) is 0 Å². The van der Waals surface area contributed by atoms with Gasteiger partial charge in [-0.25, -0.2) is 8.42 Å². The maximum Gasteiger partial charge on any atom is 0.271 e. The summed E-state index contributed by atoms with van der Waals surface area (Å²) >= 11 is 0. The van der Waals surface area contributed by atoms with Crippen molar-refractivity contribution in [3.05, 3.63) is 52.6 Å². The lowest BCUT2D eigenvalue weighted by Crippen LogP contribution is -2.38. The third-order valence-electron chi connectivity index (χ3n) is 3.61. The van der Waals surface area contributed by atoms with Crippen LogP contribution in [0.3, 0.4) is 0 Å². The van der Waals surface area contributed by atoms with E-state index >= 15 is 0 Å². The number of anilines is 1. The van der Waals surface area contributed by atoms with Gasteiger partial charge in [0, 0.05) is 12.1 Å². The maximum absolute atomic E-state index is 13.1. The first-order valence-corrected chi connectivity index (χ1v) is 8.46. The number of para-hydroxylation sites is 2. The van der Waals surface area contributed by atoms with Crippen LogP contribution in [0.2, 0.25) is 0 Å². The molecule has 0 bridgehead atoms. The number of hydrogen-bond acceptors (Lipinski definition) is 6. The summed E-state index contributed by atoms with van der Waals surface area (Å²) in [6, 6.07) is 10.2. The molecule has 2 aromatic carbocycles. The molecule has 126 valence electrons. The highest BCUT2D eigenvalue weighted by Gasteiger charge is 2.33. The van der Waals surface area contributed by atoms with Gasteiger partial charge >= 0.3 is 0 Å². The minimum atomic E-state index is -4.05. The van der Waals surface area contributed by atoms with Crippen LogP contribution in [0.15, 0.2) is 47.4 Å². The molecule has 0 unspecified atom stereocenters. The Bertz CT molecular complexity index is 897. The Kier molecular flexibility index (Phi) is 4.02. The first kappa shape index (κ1) is 16.1. The van der Waals surface area contributed by atoms with Gasteiger partial charge in [0.1, 0.15) is 23.0 Å². The number of fused-ring (bicyclic) bond motifs is 1. The minimum absolute atomic E-state index is 0.0459. The highest BCUT2D eigenvalue weighted by molar-refractivity contribution is 7.93. The molecule has 0 radical (unpaired) electrons. The highest BCUT2D eigenvalue weighted by atomic mass is 32.2. The summed E-state index contributed by atoms with van der Waals surface area (Å²) < 4.78 is 37.9. The van der Waals surface area contributed by atoms with Gasteiger partial charge in [-0.1, -0.05) is 12.1 Å². The summed E-state index contributed by atoms with van der Waals surface area (Å²) in [6.45, 7) is 0.290. The van der Waals surface area contributed by atoms with E-state index in [0.717, 1.165) is 6.07 Å². The van der Waals surface area contributed by atoms with Crippen LogP contribution in [0.4, 0.5) is 11.4 Å². The standard InChI is InChI=1S/C15H14N2O6S/c1-22-14-7-6-11(17(18)19)10-15(14)24(20,21)16-8-9-23-13-5-3-2-4-12(13)16/h2-7,10H,8-9H2,1H3. The van der Waals surface area contributed by atoms with Gasteiger partial charge in [-0.2, -0.15) is 0 Å². The summed E-state index contributed by atoms with van der Waals surface area (Å²) in [7, 11) is -2.74. The molecule has 9 heteroatoms. The summed E-state index contributed by atoms with van der Waals surface area (Å²) in [5.74, 6) is 0.487. The molecule has 0 aromatic heterocycles. The van der Waals surface area contributed by atoms with Crippen LogP contribution in [0.1, 0.15) is 0 Å². The van der Waals surface area contributed by atoms with Gasteiger partial charge < -0.3 is 9.47 Å². The van der Waals surface area contributed by atoms with Crippen molar-refractivity contribution in [3.8, 4) is 11.5 Å². The maximum atomic E-state index is 13.1. The van der Waals surface area contributed by atoms with E-state index in [4.69, 9.17) is 9.47 Å². The van der Waals surface area contributed by atoms with E-state index in [1.165, 1.54) is 23.5 Å². The average molecular weight is 350 g/mol. The second kappa shape index (κ2) is 6.00. The molecule has 0 saturated carbocycles. The Morgan fingerprint density at radius 2 is 2.00 bits per heavy atom. The van der Waals surface area contributed by atoms with E-state index in [9.17, 15) is 18.5 Å². The summed E-state index contributed by atoms with van der Waals surface area (Å²) in [5.41, 5.74) is 0.0632. The van der Waals surface area contributed by atoms with E-state index < -0.39 is 14.9 Å². The van der Waals surface area contributed by atoms with Crippen molar-refractivity contribution >= 4 is 21.4 Å². The van der Waals surface area contributed by atoms with Gasteiger partial charge in [0.15, 0.2) is 0 Å². The predicted octanol–water partition coefficient (Wildman–Crippen LogP) is 2.19. The molecule has 1 aliphatic rings. The molecule has 0 fully saturated rings. The Hall–Kier alpha value is -2.81. The molecule has 1 heterocycles. The molecule has 2 aromatic rings. The summed E-state index contributed by atoms with van der Waals surface area (Å²) in [4.78, 5) is 10.1. The lowest BCUT2D eigenvalue weighted by Gasteiger charge is -2.30.